The number of nitrogens with zero attached hydrogens (tertiary/aromatic N) is 8. The van der Waals surface area contributed by atoms with Gasteiger partial charge in [-0.25, -0.2) is 24.5 Å². The Balaban J connectivity index is 1.12. The van der Waals surface area contributed by atoms with E-state index in [2.05, 4.69) is 162 Å². The van der Waals surface area contributed by atoms with E-state index in [1.807, 2.05) is 78.9 Å². The first kappa shape index (κ1) is 41.6. The van der Waals surface area contributed by atoms with Gasteiger partial charge in [0.2, 0.25) is 5.69 Å². The van der Waals surface area contributed by atoms with Gasteiger partial charge in [-0.3, -0.25) is 0 Å². The highest BCUT2D eigenvalue weighted by molar-refractivity contribution is 6.12. The van der Waals surface area contributed by atoms with Gasteiger partial charge >= 0.3 is 0 Å². The van der Waals surface area contributed by atoms with Gasteiger partial charge in [0.25, 0.3) is 0 Å². The zero-order valence-corrected chi connectivity index (χ0v) is 37.0. The molecule has 0 spiro atoms. The Hall–Kier alpha value is -10.1. The molecule has 0 radical (unpaired) electrons. The summed E-state index contributed by atoms with van der Waals surface area (Å²) in [5, 5.41) is 2.05. The smallest absolute Gasteiger partial charge is 0.211 e. The molecule has 8 nitrogen and oxygen atoms in total. The van der Waals surface area contributed by atoms with Crippen molar-refractivity contribution < 1.29 is 0 Å². The maximum Gasteiger partial charge on any atom is 0.211 e. The number of hydrogen-bond acceptors (Lipinski definition) is 4. The highest BCUT2D eigenvalue weighted by atomic mass is 15.2. The van der Waals surface area contributed by atoms with Crippen molar-refractivity contribution in [2.24, 2.45) is 0 Å². The molecule has 2 aromatic heterocycles. The van der Waals surface area contributed by atoms with Crippen LogP contribution in [-0.2, 0) is 0 Å². The Morgan fingerprint density at radius 1 is 0.348 bits per heavy atom. The van der Waals surface area contributed by atoms with Crippen LogP contribution < -0.4 is 9.80 Å². The lowest BCUT2D eigenvalue weighted by Crippen LogP contribution is -2.09. The third-order valence-corrected chi connectivity index (χ3v) is 12.2. The quantitative estimate of drug-likeness (QED) is 0.128. The molecule has 0 aliphatic carbocycles. The van der Waals surface area contributed by atoms with Crippen LogP contribution in [0.1, 0.15) is 0 Å². The molecule has 0 bridgehead atoms. The number of anilines is 6. The van der Waals surface area contributed by atoms with E-state index in [0.717, 1.165) is 72.7 Å². The van der Waals surface area contributed by atoms with Gasteiger partial charge in [-0.2, -0.15) is 0 Å². The van der Waals surface area contributed by atoms with Crippen molar-refractivity contribution in [1.29, 1.82) is 0 Å². The van der Waals surface area contributed by atoms with Gasteiger partial charge in [-0.05, 0) is 126 Å². The number of hydrogen-bond donors (Lipinski definition) is 0. The van der Waals surface area contributed by atoms with Crippen molar-refractivity contribution in [3.05, 3.63) is 265 Å². The molecule has 0 aliphatic heterocycles. The highest BCUT2D eigenvalue weighted by Gasteiger charge is 2.22. The maximum absolute atomic E-state index is 8.68. The zero-order chi connectivity index (χ0) is 46.7. The van der Waals surface area contributed by atoms with E-state index >= 15 is 0 Å². The number of fused-ring (bicyclic) bond motifs is 3. The van der Waals surface area contributed by atoms with E-state index < -0.39 is 0 Å². The number of rotatable bonds is 10. The number of benzene rings is 9. The molecule has 0 unspecified atom stereocenters. The molecular formula is C61H38N8. The molecule has 0 atom stereocenters. The van der Waals surface area contributed by atoms with E-state index in [1.165, 1.54) is 0 Å². The van der Waals surface area contributed by atoms with Crippen molar-refractivity contribution in [1.82, 2.24) is 14.5 Å². The molecule has 11 aromatic rings. The van der Waals surface area contributed by atoms with Gasteiger partial charge in [0.1, 0.15) is 0 Å². The van der Waals surface area contributed by atoms with E-state index in [0.29, 0.717) is 39.8 Å². The number of para-hydroxylation sites is 4. The van der Waals surface area contributed by atoms with Gasteiger partial charge in [-0.15, -0.1) is 0 Å². The molecule has 11 rings (SSSR count). The Kier molecular flexibility index (Phi) is 10.9. The summed E-state index contributed by atoms with van der Waals surface area (Å²) in [6, 6.07) is 77.1. The molecule has 9 aromatic carbocycles. The van der Waals surface area contributed by atoms with Crippen molar-refractivity contribution in [3.8, 4) is 39.6 Å². The SMILES string of the molecule is [C-]#[N+]c1cccc(-c2cc(-c3ccc(-n4c5ccc(N(c6ccccc6)c6ccccc6)cc5c5cc(N(c6ccccc6)c6ccccc6)ccc54)c([N+]#[C-])c3)nc(-c3cccc([N+]#[C-])c3)n2)c1. The third kappa shape index (κ3) is 7.96. The molecular weight excluding hydrogens is 845 g/mol. The molecule has 2 heterocycles. The van der Waals surface area contributed by atoms with Crippen LogP contribution in [-0.4, -0.2) is 14.5 Å². The first-order chi connectivity index (χ1) is 34.1. The molecule has 0 N–H and O–H groups in total. The molecule has 322 valence electrons. The average Bonchev–Trinajstić information content (AvgIpc) is 3.74. The summed E-state index contributed by atoms with van der Waals surface area (Å²) < 4.78 is 2.20. The predicted molar refractivity (Wildman–Crippen MR) is 281 cm³/mol. The lowest BCUT2D eigenvalue weighted by atomic mass is 10.0. The molecule has 0 saturated heterocycles. The lowest BCUT2D eigenvalue weighted by molar-refractivity contribution is 1.17. The Morgan fingerprint density at radius 2 is 0.783 bits per heavy atom. The fourth-order valence-corrected chi connectivity index (χ4v) is 9.02. The van der Waals surface area contributed by atoms with E-state index in [9.17, 15) is 0 Å². The second-order valence-electron chi connectivity index (χ2n) is 16.4. The van der Waals surface area contributed by atoms with Crippen molar-refractivity contribution in [3.63, 3.8) is 0 Å². The van der Waals surface area contributed by atoms with E-state index in [4.69, 9.17) is 29.7 Å². The maximum atomic E-state index is 8.68. The normalized spacial score (nSPS) is 10.9. The van der Waals surface area contributed by atoms with Crippen LogP contribution in [0.4, 0.5) is 51.2 Å². The van der Waals surface area contributed by atoms with Crippen molar-refractivity contribution >= 4 is 73.0 Å². The van der Waals surface area contributed by atoms with Crippen molar-refractivity contribution in [2.45, 2.75) is 0 Å². The van der Waals surface area contributed by atoms with Gasteiger partial charge < -0.3 is 14.4 Å². The summed E-state index contributed by atoms with van der Waals surface area (Å²) in [6.07, 6.45) is 0. The summed E-state index contributed by atoms with van der Waals surface area (Å²) in [5.41, 5.74) is 13.6. The lowest BCUT2D eigenvalue weighted by Gasteiger charge is -2.26. The zero-order valence-electron chi connectivity index (χ0n) is 37.0. The first-order valence-electron chi connectivity index (χ1n) is 22.3. The summed E-state index contributed by atoms with van der Waals surface area (Å²) in [6.45, 7) is 24.0. The minimum atomic E-state index is 0.434. The average molecular weight is 883 g/mol. The topological polar surface area (TPSA) is 50.3 Å². The minimum absolute atomic E-state index is 0.434. The van der Waals surface area contributed by atoms with Crippen molar-refractivity contribution in [2.75, 3.05) is 9.80 Å². The van der Waals surface area contributed by atoms with Crippen LogP contribution in [0, 0.1) is 19.7 Å². The standard InChI is InChI=1S/C61H38N8/c1-62-45-20-16-18-42(36-45)55-41-56(66-61(65-55)44-19-17-21-46(37-44)63-2)43-30-33-60(57(38-43)64-3)69-58-34-31-51(67(47-22-8-4-9-23-47)48-24-10-5-11-25-48)39-53(58)54-40-52(32-35-59(54)69)68(49-26-12-6-13-27-49)50-28-14-7-15-29-50/h4-41H. The Morgan fingerprint density at radius 3 is 1.23 bits per heavy atom. The van der Waals surface area contributed by atoms with E-state index in [-0.39, 0.29) is 0 Å². The van der Waals surface area contributed by atoms with Gasteiger partial charge in [0, 0.05) is 50.5 Å². The minimum Gasteiger partial charge on any atom is -0.319 e. The molecule has 0 saturated carbocycles. The summed E-state index contributed by atoms with van der Waals surface area (Å²) in [4.78, 5) is 26.0. The van der Waals surface area contributed by atoms with Crippen LogP contribution in [0.3, 0.4) is 0 Å². The first-order valence-corrected chi connectivity index (χ1v) is 22.3. The molecule has 8 heteroatoms. The van der Waals surface area contributed by atoms with Gasteiger partial charge in [0.05, 0.1) is 47.8 Å². The van der Waals surface area contributed by atoms with Crippen LogP contribution in [0.2, 0.25) is 0 Å². The third-order valence-electron chi connectivity index (χ3n) is 12.2. The fraction of sp³-hybridized carbons (Fsp3) is 0. The Bertz CT molecular complexity index is 3530. The number of aromatic nitrogens is 3. The predicted octanol–water partition coefficient (Wildman–Crippen LogP) is 17.2. The summed E-state index contributed by atoms with van der Waals surface area (Å²) >= 11 is 0. The Labute approximate surface area is 400 Å². The van der Waals surface area contributed by atoms with Gasteiger partial charge in [-0.1, -0.05) is 115 Å². The largest absolute Gasteiger partial charge is 0.319 e. The molecule has 0 amide bonds. The van der Waals surface area contributed by atoms with Crippen LogP contribution >= 0.6 is 0 Å². The van der Waals surface area contributed by atoms with E-state index in [1.54, 1.807) is 18.2 Å². The summed E-state index contributed by atoms with van der Waals surface area (Å²) in [7, 11) is 0. The fourth-order valence-electron chi connectivity index (χ4n) is 9.02. The molecule has 0 aliphatic rings. The molecule has 69 heavy (non-hydrogen) atoms. The molecule has 0 fully saturated rings. The summed E-state index contributed by atoms with van der Waals surface area (Å²) in [5.74, 6) is 0.434. The van der Waals surface area contributed by atoms with Crippen LogP contribution in [0.15, 0.2) is 231 Å². The highest BCUT2D eigenvalue weighted by Crippen LogP contribution is 2.44. The van der Waals surface area contributed by atoms with Crippen LogP contribution in [0.5, 0.6) is 0 Å². The second kappa shape index (κ2) is 18.1. The second-order valence-corrected chi connectivity index (χ2v) is 16.4. The monoisotopic (exact) mass is 882 g/mol. The van der Waals surface area contributed by atoms with Gasteiger partial charge in [0.15, 0.2) is 17.2 Å². The van der Waals surface area contributed by atoms with Crippen LogP contribution in [0.25, 0.3) is 75.9 Å².